The molecule has 0 amide bonds. The van der Waals surface area contributed by atoms with Gasteiger partial charge < -0.3 is 9.30 Å². The first-order chi connectivity index (χ1) is 17.8. The highest BCUT2D eigenvalue weighted by Gasteiger charge is 2.33. The van der Waals surface area contributed by atoms with Crippen molar-refractivity contribution in [2.45, 2.75) is 33.7 Å². The highest BCUT2D eigenvalue weighted by molar-refractivity contribution is 9.10. The molecule has 0 aliphatic carbocycles. The molecule has 0 saturated heterocycles. The first-order valence-electron chi connectivity index (χ1n) is 12.0. The molecule has 4 aromatic rings. The molecule has 1 aliphatic rings. The van der Waals surface area contributed by atoms with Gasteiger partial charge in [0.2, 0.25) is 0 Å². The molecule has 6 nitrogen and oxygen atoms in total. The topological polar surface area (TPSA) is 65.6 Å². The predicted octanol–water partition coefficient (Wildman–Crippen LogP) is 4.97. The second-order valence-corrected chi connectivity index (χ2v) is 10.8. The van der Waals surface area contributed by atoms with E-state index in [1.54, 1.807) is 18.4 Å². The summed E-state index contributed by atoms with van der Waals surface area (Å²) in [5.74, 6) is -0.454. The average molecular weight is 577 g/mol. The van der Waals surface area contributed by atoms with Crippen LogP contribution in [0, 0.1) is 13.8 Å². The van der Waals surface area contributed by atoms with Gasteiger partial charge in [-0.15, -0.1) is 0 Å². The van der Waals surface area contributed by atoms with E-state index >= 15 is 0 Å². The van der Waals surface area contributed by atoms with Crippen molar-refractivity contribution in [2.75, 3.05) is 6.61 Å². The molecule has 0 fully saturated rings. The van der Waals surface area contributed by atoms with Gasteiger partial charge in [0, 0.05) is 21.5 Å². The zero-order valence-electron chi connectivity index (χ0n) is 21.0. The summed E-state index contributed by atoms with van der Waals surface area (Å²) in [4.78, 5) is 32.1. The number of rotatable bonds is 5. The maximum absolute atomic E-state index is 13.8. The Morgan fingerprint density at radius 2 is 1.81 bits per heavy atom. The number of allylic oxidation sites excluding steroid dienone is 1. The van der Waals surface area contributed by atoms with Crippen LogP contribution in [0.4, 0.5) is 0 Å². The molecule has 0 unspecified atom stereocenters. The monoisotopic (exact) mass is 575 g/mol. The number of carbonyl (C=O) groups excluding carboxylic acids is 1. The van der Waals surface area contributed by atoms with Crippen molar-refractivity contribution in [3.05, 3.63) is 119 Å². The maximum Gasteiger partial charge on any atom is 0.338 e. The number of aromatic nitrogens is 2. The lowest BCUT2D eigenvalue weighted by molar-refractivity contribution is -0.139. The molecular formula is C29H26BrN3O3S. The summed E-state index contributed by atoms with van der Waals surface area (Å²) in [6.07, 6.45) is 1.92. The normalized spacial score (nSPS) is 15.5. The number of halogens is 1. The van der Waals surface area contributed by atoms with Crippen molar-refractivity contribution in [1.82, 2.24) is 9.13 Å². The van der Waals surface area contributed by atoms with Crippen LogP contribution in [0.2, 0.25) is 0 Å². The SMILES string of the molecule is CCOC(=O)C1=C(C)N=c2s/c(=C/c3cc(C)n(-c4ccc(Br)cc4)c3C)c(=O)n2[C@H]1c1ccccc1. The Labute approximate surface area is 227 Å². The molecule has 0 saturated carbocycles. The molecule has 2 aromatic carbocycles. The van der Waals surface area contributed by atoms with Crippen molar-refractivity contribution in [3.63, 3.8) is 0 Å². The Hall–Kier alpha value is -3.49. The summed E-state index contributed by atoms with van der Waals surface area (Å²) in [6.45, 7) is 7.91. The van der Waals surface area contributed by atoms with Crippen molar-refractivity contribution in [3.8, 4) is 5.69 Å². The third kappa shape index (κ3) is 4.55. The van der Waals surface area contributed by atoms with E-state index in [2.05, 4.69) is 50.6 Å². The fourth-order valence-electron chi connectivity index (χ4n) is 4.80. The summed E-state index contributed by atoms with van der Waals surface area (Å²) in [6, 6.07) is 19.2. The highest BCUT2D eigenvalue weighted by atomic mass is 79.9. The molecule has 188 valence electrons. The van der Waals surface area contributed by atoms with E-state index in [1.165, 1.54) is 11.3 Å². The fraction of sp³-hybridized carbons (Fsp3) is 0.207. The van der Waals surface area contributed by atoms with Crippen molar-refractivity contribution >= 4 is 39.3 Å². The standard InChI is InChI=1S/C29H26BrN3O3S/c1-5-36-28(35)25-18(3)31-29-33(26(25)20-9-7-6-8-10-20)27(34)24(37-29)16-21-15-17(2)32(19(21)4)23-13-11-22(30)12-14-23/h6-16,26H,5H2,1-4H3/b24-16+/t26-/m0/s1. The summed E-state index contributed by atoms with van der Waals surface area (Å²) in [5.41, 5.74) is 5.73. The van der Waals surface area contributed by atoms with Crippen LogP contribution in [-0.2, 0) is 9.53 Å². The average Bonchev–Trinajstić information content (AvgIpc) is 3.33. The van der Waals surface area contributed by atoms with Gasteiger partial charge in [0.1, 0.15) is 0 Å². The van der Waals surface area contributed by atoms with E-state index in [1.807, 2.05) is 55.5 Å². The maximum atomic E-state index is 13.8. The molecule has 1 aliphatic heterocycles. The molecule has 0 radical (unpaired) electrons. The molecule has 3 heterocycles. The Morgan fingerprint density at radius 1 is 1.11 bits per heavy atom. The number of fused-ring (bicyclic) bond motifs is 1. The smallest absolute Gasteiger partial charge is 0.338 e. The van der Waals surface area contributed by atoms with Crippen LogP contribution in [-0.4, -0.2) is 21.7 Å². The minimum absolute atomic E-state index is 0.180. The van der Waals surface area contributed by atoms with Crippen LogP contribution in [0.1, 0.15) is 42.4 Å². The fourth-order valence-corrected chi connectivity index (χ4v) is 6.11. The van der Waals surface area contributed by atoms with E-state index in [0.29, 0.717) is 20.6 Å². The van der Waals surface area contributed by atoms with Gasteiger partial charge in [-0.05, 0) is 75.2 Å². The largest absolute Gasteiger partial charge is 0.463 e. The van der Waals surface area contributed by atoms with E-state index in [4.69, 9.17) is 4.74 Å². The molecule has 0 N–H and O–H groups in total. The highest BCUT2D eigenvalue weighted by Crippen LogP contribution is 2.30. The molecule has 8 heteroatoms. The van der Waals surface area contributed by atoms with E-state index in [-0.39, 0.29) is 12.2 Å². The molecule has 0 bridgehead atoms. The summed E-state index contributed by atoms with van der Waals surface area (Å²) < 4.78 is 10.7. The number of esters is 1. The Balaban J connectivity index is 1.68. The second-order valence-electron chi connectivity index (χ2n) is 8.85. The van der Waals surface area contributed by atoms with Gasteiger partial charge in [-0.2, -0.15) is 0 Å². The molecule has 37 heavy (non-hydrogen) atoms. The Bertz CT molecular complexity index is 1710. The first kappa shape index (κ1) is 25.2. The third-order valence-electron chi connectivity index (χ3n) is 6.47. The van der Waals surface area contributed by atoms with Gasteiger partial charge >= 0.3 is 5.97 Å². The Kier molecular flexibility index (Phi) is 6.88. The van der Waals surface area contributed by atoms with Crippen LogP contribution in [0.25, 0.3) is 11.8 Å². The van der Waals surface area contributed by atoms with Crippen molar-refractivity contribution in [1.29, 1.82) is 0 Å². The van der Waals surface area contributed by atoms with Gasteiger partial charge in [0.25, 0.3) is 5.56 Å². The van der Waals surface area contributed by atoms with Gasteiger partial charge in [0.05, 0.1) is 28.5 Å². The minimum atomic E-state index is -0.603. The van der Waals surface area contributed by atoms with Crippen molar-refractivity contribution < 1.29 is 9.53 Å². The van der Waals surface area contributed by atoms with E-state index in [9.17, 15) is 9.59 Å². The number of benzene rings is 2. The summed E-state index contributed by atoms with van der Waals surface area (Å²) >= 11 is 4.83. The van der Waals surface area contributed by atoms with Crippen LogP contribution < -0.4 is 14.9 Å². The van der Waals surface area contributed by atoms with Crippen LogP contribution >= 0.6 is 27.3 Å². The molecule has 1 atom stereocenters. The first-order valence-corrected chi connectivity index (χ1v) is 13.6. The second kappa shape index (κ2) is 10.1. The zero-order chi connectivity index (χ0) is 26.3. The lowest BCUT2D eigenvalue weighted by Gasteiger charge is -2.24. The van der Waals surface area contributed by atoms with Gasteiger partial charge in [-0.3, -0.25) is 9.36 Å². The number of nitrogens with zero attached hydrogens (tertiary/aromatic N) is 3. The molecule has 2 aromatic heterocycles. The number of hydrogen-bond donors (Lipinski definition) is 0. The third-order valence-corrected chi connectivity index (χ3v) is 7.99. The van der Waals surface area contributed by atoms with E-state index in [0.717, 1.165) is 32.7 Å². The summed E-state index contributed by atoms with van der Waals surface area (Å²) in [7, 11) is 0. The number of thiazole rings is 1. The molecule has 5 rings (SSSR count). The lowest BCUT2D eigenvalue weighted by atomic mass is 9.96. The van der Waals surface area contributed by atoms with Crippen LogP contribution in [0.15, 0.2) is 86.2 Å². The van der Waals surface area contributed by atoms with Crippen molar-refractivity contribution in [2.24, 2.45) is 4.99 Å². The number of carbonyl (C=O) groups is 1. The van der Waals surface area contributed by atoms with Gasteiger partial charge in [-0.25, -0.2) is 9.79 Å². The zero-order valence-corrected chi connectivity index (χ0v) is 23.4. The van der Waals surface area contributed by atoms with Gasteiger partial charge in [-0.1, -0.05) is 57.6 Å². The van der Waals surface area contributed by atoms with Crippen LogP contribution in [0.3, 0.4) is 0 Å². The molecule has 0 spiro atoms. The van der Waals surface area contributed by atoms with Gasteiger partial charge in [0.15, 0.2) is 4.80 Å². The number of ether oxygens (including phenoxy) is 1. The quantitative estimate of drug-likeness (QED) is 0.316. The minimum Gasteiger partial charge on any atom is -0.463 e. The van der Waals surface area contributed by atoms with E-state index < -0.39 is 12.0 Å². The lowest BCUT2D eigenvalue weighted by Crippen LogP contribution is -2.39. The number of hydrogen-bond acceptors (Lipinski definition) is 5. The van der Waals surface area contributed by atoms with Crippen LogP contribution in [0.5, 0.6) is 0 Å². The summed E-state index contributed by atoms with van der Waals surface area (Å²) in [5, 5.41) is 0. The predicted molar refractivity (Wildman–Crippen MR) is 150 cm³/mol. The molecular weight excluding hydrogens is 550 g/mol. The number of aryl methyl sites for hydroxylation is 1. The Morgan fingerprint density at radius 3 is 2.49 bits per heavy atom.